The average Bonchev–Trinajstić information content (AvgIpc) is 2.65. The average molecular weight is 361 g/mol. The summed E-state index contributed by atoms with van der Waals surface area (Å²) in [5.74, 6) is -1.58. The summed E-state index contributed by atoms with van der Waals surface area (Å²) < 4.78 is 37.5. The summed E-state index contributed by atoms with van der Waals surface area (Å²) in [6.45, 7) is 9.08. The van der Waals surface area contributed by atoms with Crippen molar-refractivity contribution in [2.75, 3.05) is 19.7 Å². The minimum absolute atomic E-state index is 0.0125. The van der Waals surface area contributed by atoms with Gasteiger partial charge < -0.3 is 9.47 Å². The molecular formula is C19H21F2N3O2. The van der Waals surface area contributed by atoms with Crippen molar-refractivity contribution in [1.82, 2.24) is 14.9 Å². The van der Waals surface area contributed by atoms with Crippen molar-refractivity contribution in [1.29, 1.82) is 0 Å². The molecular weight excluding hydrogens is 340 g/mol. The van der Waals surface area contributed by atoms with Gasteiger partial charge in [0.15, 0.2) is 11.6 Å². The van der Waals surface area contributed by atoms with Crippen molar-refractivity contribution in [3.63, 3.8) is 0 Å². The summed E-state index contributed by atoms with van der Waals surface area (Å²) in [5.41, 5.74) is 2.01. The molecule has 2 heterocycles. The van der Waals surface area contributed by atoms with Crippen LogP contribution in [0, 0.1) is 11.6 Å². The van der Waals surface area contributed by atoms with Crippen LogP contribution in [-0.2, 0) is 11.3 Å². The molecule has 0 saturated carbocycles. The highest BCUT2D eigenvalue weighted by atomic mass is 19.1. The number of hydrogen-bond acceptors (Lipinski definition) is 5. The molecule has 138 valence electrons. The Morgan fingerprint density at radius 3 is 2.81 bits per heavy atom. The molecule has 0 unspecified atom stereocenters. The molecule has 0 bridgehead atoms. The lowest BCUT2D eigenvalue weighted by molar-refractivity contribution is -0.0133. The SMILES string of the molecule is C=C(CC)[C@@H]1CN(Cc2cnc(Oc3ccc(F)cc3F)nc2)CCO1. The van der Waals surface area contributed by atoms with Crippen LogP contribution >= 0.6 is 0 Å². The molecule has 7 heteroatoms. The Bertz CT molecular complexity index is 768. The first kappa shape index (κ1) is 18.4. The largest absolute Gasteiger partial charge is 0.421 e. The van der Waals surface area contributed by atoms with E-state index in [1.807, 2.05) is 0 Å². The molecule has 3 rings (SSSR count). The van der Waals surface area contributed by atoms with Gasteiger partial charge in [0.25, 0.3) is 0 Å². The van der Waals surface area contributed by atoms with Crippen LogP contribution in [0.3, 0.4) is 0 Å². The topological polar surface area (TPSA) is 47.5 Å². The lowest BCUT2D eigenvalue weighted by Crippen LogP contribution is -2.42. The second kappa shape index (κ2) is 8.33. The molecule has 1 aromatic carbocycles. The summed E-state index contributed by atoms with van der Waals surface area (Å²) in [6, 6.07) is 3.09. The number of hydrogen-bond donors (Lipinski definition) is 0. The Hall–Kier alpha value is -2.38. The number of aromatic nitrogens is 2. The van der Waals surface area contributed by atoms with Gasteiger partial charge in [0, 0.05) is 43.7 Å². The van der Waals surface area contributed by atoms with Crippen molar-refractivity contribution < 1.29 is 18.3 Å². The number of nitrogens with zero attached hydrogens (tertiary/aromatic N) is 3. The van der Waals surface area contributed by atoms with Crippen LogP contribution in [0.5, 0.6) is 11.8 Å². The predicted molar refractivity (Wildman–Crippen MR) is 92.9 cm³/mol. The predicted octanol–water partition coefficient (Wildman–Crippen LogP) is 3.71. The molecule has 0 N–H and O–H groups in total. The molecule has 1 fully saturated rings. The summed E-state index contributed by atoms with van der Waals surface area (Å²) in [7, 11) is 0. The van der Waals surface area contributed by atoms with Crippen molar-refractivity contribution in [2.24, 2.45) is 0 Å². The van der Waals surface area contributed by atoms with Crippen molar-refractivity contribution >= 4 is 0 Å². The van der Waals surface area contributed by atoms with Crippen LogP contribution in [0.25, 0.3) is 0 Å². The quantitative estimate of drug-likeness (QED) is 0.734. The number of rotatable bonds is 6. The van der Waals surface area contributed by atoms with E-state index in [0.717, 1.165) is 42.8 Å². The molecule has 1 aliphatic heterocycles. The minimum atomic E-state index is -0.798. The van der Waals surface area contributed by atoms with E-state index >= 15 is 0 Å². The zero-order chi connectivity index (χ0) is 18.5. The maximum absolute atomic E-state index is 13.6. The van der Waals surface area contributed by atoms with E-state index in [1.165, 1.54) is 6.07 Å². The fourth-order valence-electron chi connectivity index (χ4n) is 2.71. The Morgan fingerprint density at radius 1 is 1.35 bits per heavy atom. The van der Waals surface area contributed by atoms with Crippen LogP contribution < -0.4 is 4.74 Å². The lowest BCUT2D eigenvalue weighted by atomic mass is 10.1. The molecule has 5 nitrogen and oxygen atoms in total. The highest BCUT2D eigenvalue weighted by Gasteiger charge is 2.22. The van der Waals surface area contributed by atoms with Gasteiger partial charge in [0.05, 0.1) is 12.7 Å². The molecule has 26 heavy (non-hydrogen) atoms. The summed E-state index contributed by atoms with van der Waals surface area (Å²) in [4.78, 5) is 10.5. The normalized spacial score (nSPS) is 17.9. The van der Waals surface area contributed by atoms with Crippen LogP contribution in [0.2, 0.25) is 0 Å². The number of halogens is 2. The Kier molecular flexibility index (Phi) is 5.90. The van der Waals surface area contributed by atoms with E-state index in [9.17, 15) is 8.78 Å². The first-order valence-electron chi connectivity index (χ1n) is 8.50. The summed E-state index contributed by atoms with van der Waals surface area (Å²) >= 11 is 0. The summed E-state index contributed by atoms with van der Waals surface area (Å²) in [6.07, 6.45) is 4.23. The van der Waals surface area contributed by atoms with Crippen molar-refractivity contribution in [3.8, 4) is 11.8 Å². The molecule has 0 aliphatic carbocycles. The van der Waals surface area contributed by atoms with Gasteiger partial charge in [-0.25, -0.2) is 18.7 Å². The molecule has 1 saturated heterocycles. The van der Waals surface area contributed by atoms with E-state index in [4.69, 9.17) is 9.47 Å². The van der Waals surface area contributed by atoms with Gasteiger partial charge in [0.2, 0.25) is 0 Å². The summed E-state index contributed by atoms with van der Waals surface area (Å²) in [5, 5.41) is 0. The van der Waals surface area contributed by atoms with Gasteiger partial charge in [0.1, 0.15) is 5.82 Å². The van der Waals surface area contributed by atoms with Crippen LogP contribution in [-0.4, -0.2) is 40.7 Å². The monoisotopic (exact) mass is 361 g/mol. The Balaban J connectivity index is 1.60. The van der Waals surface area contributed by atoms with Crippen LogP contribution in [0.4, 0.5) is 8.78 Å². The molecule has 0 amide bonds. The first-order chi connectivity index (χ1) is 12.5. The van der Waals surface area contributed by atoms with Gasteiger partial charge in [-0.3, -0.25) is 4.90 Å². The van der Waals surface area contributed by atoms with Crippen molar-refractivity contribution in [2.45, 2.75) is 26.0 Å². The van der Waals surface area contributed by atoms with E-state index in [0.29, 0.717) is 13.2 Å². The molecule has 1 aromatic heterocycles. The van der Waals surface area contributed by atoms with E-state index in [-0.39, 0.29) is 17.9 Å². The van der Waals surface area contributed by atoms with Gasteiger partial charge >= 0.3 is 6.01 Å². The third-order valence-corrected chi connectivity index (χ3v) is 4.24. The second-order valence-corrected chi connectivity index (χ2v) is 6.16. The Morgan fingerprint density at radius 2 is 2.12 bits per heavy atom. The third kappa shape index (κ3) is 4.62. The molecule has 0 spiro atoms. The number of morpholine rings is 1. The van der Waals surface area contributed by atoms with Crippen LogP contribution in [0.15, 0.2) is 42.7 Å². The first-order valence-corrected chi connectivity index (χ1v) is 8.50. The second-order valence-electron chi connectivity index (χ2n) is 6.16. The zero-order valence-electron chi connectivity index (χ0n) is 14.6. The van der Waals surface area contributed by atoms with E-state index in [2.05, 4.69) is 28.4 Å². The number of ether oxygens (including phenoxy) is 2. The van der Waals surface area contributed by atoms with Gasteiger partial charge in [-0.05, 0) is 24.1 Å². The van der Waals surface area contributed by atoms with Crippen LogP contribution in [0.1, 0.15) is 18.9 Å². The minimum Gasteiger partial charge on any atom is -0.421 e. The van der Waals surface area contributed by atoms with Gasteiger partial charge in [-0.1, -0.05) is 13.5 Å². The fraction of sp³-hybridized carbons (Fsp3) is 0.368. The van der Waals surface area contributed by atoms with Crippen molar-refractivity contribution in [3.05, 3.63) is 59.9 Å². The number of benzene rings is 1. The third-order valence-electron chi connectivity index (χ3n) is 4.24. The molecule has 1 aliphatic rings. The maximum Gasteiger partial charge on any atom is 0.321 e. The standard InChI is InChI=1S/C19H21F2N3O2/c1-3-13(2)18-12-24(6-7-25-18)11-14-9-22-19(23-10-14)26-17-5-4-15(20)8-16(17)21/h4-5,8-10,18H,2-3,6-7,11-12H2,1H3/t18-/m0/s1. The molecule has 2 aromatic rings. The highest BCUT2D eigenvalue weighted by molar-refractivity contribution is 5.27. The van der Waals surface area contributed by atoms with Gasteiger partial charge in [-0.15, -0.1) is 0 Å². The Labute approximate surface area is 151 Å². The molecule has 0 radical (unpaired) electrons. The fourth-order valence-corrected chi connectivity index (χ4v) is 2.71. The maximum atomic E-state index is 13.6. The van der Waals surface area contributed by atoms with Gasteiger partial charge in [-0.2, -0.15) is 0 Å². The smallest absolute Gasteiger partial charge is 0.321 e. The van der Waals surface area contributed by atoms with E-state index < -0.39 is 11.6 Å². The highest BCUT2D eigenvalue weighted by Crippen LogP contribution is 2.22. The lowest BCUT2D eigenvalue weighted by Gasteiger charge is -2.33. The zero-order valence-corrected chi connectivity index (χ0v) is 14.6. The van der Waals surface area contributed by atoms with E-state index in [1.54, 1.807) is 12.4 Å². The molecule has 1 atom stereocenters.